The van der Waals surface area contributed by atoms with Gasteiger partial charge in [-0.15, -0.1) is 0 Å². The molecule has 0 fully saturated rings. The molecule has 2 nitrogen and oxygen atoms in total. The lowest BCUT2D eigenvalue weighted by Gasteiger charge is -2.11. The largest absolute Gasteiger partial charge is 0.455 e. The van der Waals surface area contributed by atoms with Crippen molar-refractivity contribution in [1.29, 1.82) is 0 Å². The fourth-order valence-corrected chi connectivity index (χ4v) is 1.85. The number of benzene rings is 2. The van der Waals surface area contributed by atoms with Crippen LogP contribution in [0.1, 0.15) is 5.56 Å². The van der Waals surface area contributed by atoms with E-state index in [4.69, 9.17) is 27.9 Å². The van der Waals surface area contributed by atoms with Crippen molar-refractivity contribution in [2.75, 3.05) is 0 Å². The number of hydrogen-bond donors (Lipinski definition) is 1. The maximum Gasteiger partial charge on any atom is 0.151 e. The average Bonchev–Trinajstić information content (AvgIpc) is 2.36. The fourth-order valence-electron chi connectivity index (χ4n) is 1.45. The minimum atomic E-state index is -0.523. The molecule has 0 saturated heterocycles. The van der Waals surface area contributed by atoms with E-state index in [9.17, 15) is 9.50 Å². The van der Waals surface area contributed by atoms with Crippen LogP contribution in [0, 0.1) is 5.82 Å². The topological polar surface area (TPSA) is 29.5 Å². The van der Waals surface area contributed by atoms with Crippen LogP contribution in [0.25, 0.3) is 0 Å². The maximum absolute atomic E-state index is 13.0. The van der Waals surface area contributed by atoms with Gasteiger partial charge >= 0.3 is 0 Å². The van der Waals surface area contributed by atoms with Crippen LogP contribution >= 0.6 is 23.2 Å². The molecule has 0 aliphatic carbocycles. The maximum atomic E-state index is 13.0. The molecule has 18 heavy (non-hydrogen) atoms. The number of hydrogen-bond acceptors (Lipinski definition) is 2. The Balaban J connectivity index is 2.36. The summed E-state index contributed by atoms with van der Waals surface area (Å²) in [6.45, 7) is -0.204. The summed E-state index contributed by atoms with van der Waals surface area (Å²) in [5.41, 5.74) is 0.544. The first-order valence-corrected chi connectivity index (χ1v) is 5.88. The average molecular weight is 287 g/mol. The molecule has 0 amide bonds. The van der Waals surface area contributed by atoms with Gasteiger partial charge in [0, 0.05) is 11.6 Å². The molecular weight excluding hydrogens is 278 g/mol. The number of para-hydroxylation sites is 1. The van der Waals surface area contributed by atoms with E-state index in [0.717, 1.165) is 0 Å². The molecule has 0 spiro atoms. The molecule has 0 radical (unpaired) electrons. The number of aliphatic hydroxyl groups is 1. The van der Waals surface area contributed by atoms with E-state index in [1.54, 1.807) is 18.2 Å². The molecule has 0 aliphatic heterocycles. The molecule has 0 aliphatic rings. The molecule has 0 aromatic heterocycles. The van der Waals surface area contributed by atoms with Crippen LogP contribution in [0.2, 0.25) is 10.0 Å². The lowest BCUT2D eigenvalue weighted by molar-refractivity contribution is 0.276. The van der Waals surface area contributed by atoms with E-state index in [0.29, 0.717) is 22.1 Å². The van der Waals surface area contributed by atoms with Gasteiger partial charge in [0.15, 0.2) is 5.75 Å². The summed E-state index contributed by atoms with van der Waals surface area (Å²) in [6.07, 6.45) is 0. The molecule has 1 N–H and O–H groups in total. The number of aliphatic hydroxyl groups excluding tert-OH is 1. The summed E-state index contributed by atoms with van der Waals surface area (Å²) >= 11 is 11.6. The van der Waals surface area contributed by atoms with Crippen LogP contribution in [0.3, 0.4) is 0 Å². The highest BCUT2D eigenvalue weighted by Gasteiger charge is 2.10. The van der Waals surface area contributed by atoms with Gasteiger partial charge in [-0.3, -0.25) is 0 Å². The molecule has 0 unspecified atom stereocenters. The molecule has 0 bridgehead atoms. The van der Waals surface area contributed by atoms with Crippen molar-refractivity contribution < 1.29 is 14.2 Å². The van der Waals surface area contributed by atoms with Gasteiger partial charge in [0.1, 0.15) is 11.6 Å². The third-order valence-corrected chi connectivity index (χ3v) is 2.92. The van der Waals surface area contributed by atoms with Crippen LogP contribution in [-0.2, 0) is 6.61 Å². The SMILES string of the molecule is OCc1cccc(Cl)c1Oc1ccc(F)c(Cl)c1. The van der Waals surface area contributed by atoms with Crippen LogP contribution in [0.5, 0.6) is 11.5 Å². The Kier molecular flexibility index (Phi) is 4.07. The lowest BCUT2D eigenvalue weighted by atomic mass is 10.2. The smallest absolute Gasteiger partial charge is 0.151 e. The highest BCUT2D eigenvalue weighted by atomic mass is 35.5. The van der Waals surface area contributed by atoms with Gasteiger partial charge in [-0.1, -0.05) is 35.3 Å². The third-order valence-electron chi connectivity index (χ3n) is 2.33. The van der Waals surface area contributed by atoms with Crippen molar-refractivity contribution >= 4 is 23.2 Å². The number of halogens is 3. The Hall–Kier alpha value is -1.29. The second-order valence-corrected chi connectivity index (χ2v) is 4.38. The molecular formula is C13H9Cl2FO2. The highest BCUT2D eigenvalue weighted by Crippen LogP contribution is 2.34. The molecule has 0 heterocycles. The highest BCUT2D eigenvalue weighted by molar-refractivity contribution is 6.32. The molecule has 2 aromatic rings. The predicted molar refractivity (Wildman–Crippen MR) is 68.9 cm³/mol. The quantitative estimate of drug-likeness (QED) is 0.905. The Bertz CT molecular complexity index is 573. The summed E-state index contributed by atoms with van der Waals surface area (Å²) in [5.74, 6) is 0.166. The number of ether oxygens (including phenoxy) is 1. The van der Waals surface area contributed by atoms with Crippen LogP contribution < -0.4 is 4.74 Å². The van der Waals surface area contributed by atoms with Crippen LogP contribution in [-0.4, -0.2) is 5.11 Å². The van der Waals surface area contributed by atoms with E-state index in [-0.39, 0.29) is 11.6 Å². The first-order valence-electron chi connectivity index (χ1n) is 5.13. The van der Waals surface area contributed by atoms with Gasteiger partial charge < -0.3 is 9.84 Å². The van der Waals surface area contributed by atoms with Gasteiger partial charge in [0.05, 0.1) is 16.7 Å². The standard InChI is InChI=1S/C13H9Cl2FO2/c14-10-3-1-2-8(7-17)13(10)18-9-4-5-12(16)11(15)6-9/h1-6,17H,7H2. The van der Waals surface area contributed by atoms with E-state index >= 15 is 0 Å². The first-order chi connectivity index (χ1) is 8.61. The summed E-state index contributed by atoms with van der Waals surface area (Å²) in [7, 11) is 0. The summed E-state index contributed by atoms with van der Waals surface area (Å²) < 4.78 is 18.5. The van der Waals surface area contributed by atoms with E-state index in [2.05, 4.69) is 0 Å². The van der Waals surface area contributed by atoms with E-state index in [1.165, 1.54) is 18.2 Å². The van der Waals surface area contributed by atoms with E-state index < -0.39 is 5.82 Å². The molecule has 2 aromatic carbocycles. The minimum Gasteiger partial charge on any atom is -0.455 e. The molecule has 94 valence electrons. The van der Waals surface area contributed by atoms with Gasteiger partial charge in [-0.2, -0.15) is 0 Å². The molecule has 0 atom stereocenters. The zero-order valence-electron chi connectivity index (χ0n) is 9.16. The van der Waals surface area contributed by atoms with Crippen LogP contribution in [0.4, 0.5) is 4.39 Å². The summed E-state index contributed by atoms with van der Waals surface area (Å²) in [5, 5.41) is 9.52. The van der Waals surface area contributed by atoms with Crippen molar-refractivity contribution in [3.05, 3.63) is 57.8 Å². The minimum absolute atomic E-state index is 0.0369. The number of rotatable bonds is 3. The summed E-state index contributed by atoms with van der Waals surface area (Å²) in [4.78, 5) is 0. The molecule has 0 saturated carbocycles. The predicted octanol–water partition coefficient (Wildman–Crippen LogP) is 4.42. The monoisotopic (exact) mass is 286 g/mol. The van der Waals surface area contributed by atoms with Crippen molar-refractivity contribution in [2.24, 2.45) is 0 Å². The van der Waals surface area contributed by atoms with E-state index in [1.807, 2.05) is 0 Å². The van der Waals surface area contributed by atoms with Crippen molar-refractivity contribution in [2.45, 2.75) is 6.61 Å². The lowest BCUT2D eigenvalue weighted by Crippen LogP contribution is -1.93. The normalized spacial score (nSPS) is 10.4. The Morgan fingerprint density at radius 2 is 1.89 bits per heavy atom. The first kappa shape index (κ1) is 13.1. The van der Waals surface area contributed by atoms with Crippen molar-refractivity contribution in [3.63, 3.8) is 0 Å². The van der Waals surface area contributed by atoms with Gasteiger partial charge in [-0.05, 0) is 18.2 Å². The Labute approximate surface area is 114 Å². The molecule has 5 heteroatoms. The van der Waals surface area contributed by atoms with Gasteiger partial charge in [0.2, 0.25) is 0 Å². The second-order valence-electron chi connectivity index (χ2n) is 3.56. The fraction of sp³-hybridized carbons (Fsp3) is 0.0769. The zero-order chi connectivity index (χ0) is 13.1. The third kappa shape index (κ3) is 2.75. The van der Waals surface area contributed by atoms with Crippen LogP contribution in [0.15, 0.2) is 36.4 Å². The molecule has 2 rings (SSSR count). The van der Waals surface area contributed by atoms with Crippen molar-refractivity contribution in [3.8, 4) is 11.5 Å². The Morgan fingerprint density at radius 1 is 1.11 bits per heavy atom. The van der Waals surface area contributed by atoms with Crippen molar-refractivity contribution in [1.82, 2.24) is 0 Å². The summed E-state index contributed by atoms with van der Waals surface area (Å²) in [6, 6.07) is 9.02. The van der Waals surface area contributed by atoms with Gasteiger partial charge in [-0.25, -0.2) is 4.39 Å². The van der Waals surface area contributed by atoms with Gasteiger partial charge in [0.25, 0.3) is 0 Å². The zero-order valence-corrected chi connectivity index (χ0v) is 10.7. The second kappa shape index (κ2) is 5.57. The Morgan fingerprint density at radius 3 is 2.56 bits per heavy atom.